The minimum atomic E-state index is -0.527. The summed E-state index contributed by atoms with van der Waals surface area (Å²) >= 11 is 5.79. The van der Waals surface area contributed by atoms with Gasteiger partial charge in [-0.3, -0.25) is 20.2 Å². The Morgan fingerprint density at radius 3 is 2.58 bits per heavy atom. The van der Waals surface area contributed by atoms with Crippen molar-refractivity contribution < 1.29 is 14.1 Å². The quantitative estimate of drug-likeness (QED) is 0.534. The summed E-state index contributed by atoms with van der Waals surface area (Å²) in [6.45, 7) is 0. The number of amides is 1. The average molecular weight is 368 g/mol. The lowest BCUT2D eigenvalue weighted by Gasteiger charge is -2.03. The molecule has 7 nitrogen and oxygen atoms in total. The molecule has 3 rings (SSSR count). The minimum absolute atomic E-state index is 0.0334. The van der Waals surface area contributed by atoms with Gasteiger partial charge < -0.3 is 4.42 Å². The van der Waals surface area contributed by atoms with E-state index in [9.17, 15) is 20.2 Å². The van der Waals surface area contributed by atoms with E-state index in [-0.39, 0.29) is 22.9 Å². The van der Waals surface area contributed by atoms with Gasteiger partial charge in [-0.05, 0) is 24.3 Å². The summed E-state index contributed by atoms with van der Waals surface area (Å²) in [4.78, 5) is 22.6. The van der Waals surface area contributed by atoms with Crippen LogP contribution in [0.15, 0.2) is 59.0 Å². The van der Waals surface area contributed by atoms with Crippen LogP contribution in [0, 0.1) is 21.4 Å². The first kappa shape index (κ1) is 17.2. The third kappa shape index (κ3) is 3.55. The standard InChI is InChI=1S/C18H10ClN3O4/c19-14-6-4-11(5-7-14)17(23)21-18-13(10-20)9-16(26-18)12-2-1-3-15(8-12)22(24)25/h1-9H,(H,21,23). The number of hydrogen-bond acceptors (Lipinski definition) is 5. The molecule has 0 aliphatic heterocycles. The molecule has 0 unspecified atom stereocenters. The lowest BCUT2D eigenvalue weighted by atomic mass is 10.1. The number of halogens is 1. The molecule has 2 aromatic carbocycles. The molecule has 3 aromatic rings. The Hall–Kier alpha value is -3.63. The van der Waals surface area contributed by atoms with Gasteiger partial charge in [-0.2, -0.15) is 5.26 Å². The summed E-state index contributed by atoms with van der Waals surface area (Å²) in [6.07, 6.45) is 0. The Labute approximate surface area is 152 Å². The smallest absolute Gasteiger partial charge is 0.270 e. The highest BCUT2D eigenvalue weighted by Crippen LogP contribution is 2.31. The van der Waals surface area contributed by atoms with Crippen LogP contribution in [0.5, 0.6) is 0 Å². The maximum Gasteiger partial charge on any atom is 0.270 e. The fourth-order valence-electron chi connectivity index (χ4n) is 2.26. The van der Waals surface area contributed by atoms with Crippen molar-refractivity contribution in [1.82, 2.24) is 0 Å². The molecule has 26 heavy (non-hydrogen) atoms. The van der Waals surface area contributed by atoms with E-state index in [0.29, 0.717) is 16.1 Å². The zero-order valence-corrected chi connectivity index (χ0v) is 13.9. The van der Waals surface area contributed by atoms with Crippen LogP contribution in [0.25, 0.3) is 11.3 Å². The lowest BCUT2D eigenvalue weighted by Crippen LogP contribution is -2.11. The predicted molar refractivity (Wildman–Crippen MR) is 94.9 cm³/mol. The number of nitro groups is 1. The number of benzene rings is 2. The first-order chi connectivity index (χ1) is 12.5. The summed E-state index contributed by atoms with van der Waals surface area (Å²) in [6, 6.07) is 15.3. The van der Waals surface area contributed by atoms with Gasteiger partial charge in [0.05, 0.1) is 4.92 Å². The van der Waals surface area contributed by atoms with Crippen LogP contribution in [0.3, 0.4) is 0 Å². The van der Waals surface area contributed by atoms with Gasteiger partial charge in [0.1, 0.15) is 17.4 Å². The van der Waals surface area contributed by atoms with Crippen LogP contribution in [0.1, 0.15) is 15.9 Å². The van der Waals surface area contributed by atoms with Crippen LogP contribution >= 0.6 is 11.6 Å². The zero-order chi connectivity index (χ0) is 18.7. The highest BCUT2D eigenvalue weighted by Gasteiger charge is 2.17. The van der Waals surface area contributed by atoms with Crippen molar-refractivity contribution in [2.75, 3.05) is 5.32 Å². The number of nitro benzene ring substituents is 1. The summed E-state index contributed by atoms with van der Waals surface area (Å²) in [5.74, 6) is -0.274. The van der Waals surface area contributed by atoms with E-state index in [1.165, 1.54) is 36.4 Å². The molecular formula is C18H10ClN3O4. The molecule has 1 N–H and O–H groups in total. The van der Waals surface area contributed by atoms with Crippen molar-refractivity contribution in [2.45, 2.75) is 0 Å². The van der Waals surface area contributed by atoms with E-state index >= 15 is 0 Å². The van der Waals surface area contributed by atoms with Crippen LogP contribution in [0.2, 0.25) is 5.02 Å². The molecule has 1 heterocycles. The third-order valence-corrected chi connectivity index (χ3v) is 3.78. The van der Waals surface area contributed by atoms with Gasteiger partial charge in [0.25, 0.3) is 11.6 Å². The van der Waals surface area contributed by atoms with Crippen molar-refractivity contribution in [2.24, 2.45) is 0 Å². The molecule has 0 aliphatic carbocycles. The molecule has 1 aromatic heterocycles. The third-order valence-electron chi connectivity index (χ3n) is 3.53. The Morgan fingerprint density at radius 2 is 1.92 bits per heavy atom. The Balaban J connectivity index is 1.91. The van der Waals surface area contributed by atoms with Crippen LogP contribution < -0.4 is 5.32 Å². The lowest BCUT2D eigenvalue weighted by molar-refractivity contribution is -0.384. The number of nitrogens with one attached hydrogen (secondary N) is 1. The number of carbonyl (C=O) groups excluding carboxylic acids is 1. The molecule has 8 heteroatoms. The molecule has 128 valence electrons. The van der Waals surface area contributed by atoms with Crippen molar-refractivity contribution in [3.05, 3.63) is 80.9 Å². The van der Waals surface area contributed by atoms with E-state index in [1.807, 2.05) is 6.07 Å². The normalized spacial score (nSPS) is 10.2. The van der Waals surface area contributed by atoms with Crippen LogP contribution in [0.4, 0.5) is 11.6 Å². The van der Waals surface area contributed by atoms with E-state index < -0.39 is 10.8 Å². The second-order valence-corrected chi connectivity index (χ2v) is 5.67. The number of nitrogens with zero attached hydrogens (tertiary/aromatic N) is 2. The van der Waals surface area contributed by atoms with Gasteiger partial charge in [-0.1, -0.05) is 23.7 Å². The molecule has 0 atom stereocenters. The minimum Gasteiger partial charge on any atom is -0.439 e. The number of hydrogen-bond donors (Lipinski definition) is 1. The molecular weight excluding hydrogens is 358 g/mol. The van der Waals surface area contributed by atoms with E-state index in [1.54, 1.807) is 18.2 Å². The monoisotopic (exact) mass is 367 g/mol. The number of furan rings is 1. The fraction of sp³-hybridized carbons (Fsp3) is 0. The number of non-ortho nitro benzene ring substituents is 1. The second kappa shape index (κ2) is 7.09. The molecule has 0 aliphatic rings. The number of rotatable bonds is 4. The SMILES string of the molecule is N#Cc1cc(-c2cccc([N+](=O)[O-])c2)oc1NC(=O)c1ccc(Cl)cc1. The predicted octanol–water partition coefficient (Wildman–Crippen LogP) is 4.63. The van der Waals surface area contributed by atoms with Gasteiger partial charge in [0.15, 0.2) is 0 Å². The fourth-order valence-corrected chi connectivity index (χ4v) is 2.38. The van der Waals surface area contributed by atoms with Crippen LogP contribution in [-0.4, -0.2) is 10.8 Å². The van der Waals surface area contributed by atoms with E-state index in [0.717, 1.165) is 0 Å². The first-order valence-corrected chi connectivity index (χ1v) is 7.71. The summed E-state index contributed by atoms with van der Waals surface area (Å²) in [5.41, 5.74) is 0.757. The Morgan fingerprint density at radius 1 is 1.19 bits per heavy atom. The highest BCUT2D eigenvalue weighted by atomic mass is 35.5. The average Bonchev–Trinajstić information content (AvgIpc) is 3.05. The van der Waals surface area contributed by atoms with Crippen molar-refractivity contribution in [3.63, 3.8) is 0 Å². The largest absolute Gasteiger partial charge is 0.439 e. The summed E-state index contributed by atoms with van der Waals surface area (Å²) in [5, 5.41) is 23.2. The summed E-state index contributed by atoms with van der Waals surface area (Å²) < 4.78 is 5.54. The van der Waals surface area contributed by atoms with Crippen LogP contribution in [-0.2, 0) is 0 Å². The Kier molecular flexibility index (Phi) is 4.69. The van der Waals surface area contributed by atoms with Gasteiger partial charge in [-0.25, -0.2) is 0 Å². The van der Waals surface area contributed by atoms with Gasteiger partial charge >= 0.3 is 0 Å². The first-order valence-electron chi connectivity index (χ1n) is 7.33. The number of carbonyl (C=O) groups is 1. The zero-order valence-electron chi connectivity index (χ0n) is 13.1. The molecule has 0 bridgehead atoms. The number of nitriles is 1. The molecule has 0 saturated heterocycles. The van der Waals surface area contributed by atoms with Crippen molar-refractivity contribution >= 4 is 29.1 Å². The number of anilines is 1. The van der Waals surface area contributed by atoms with E-state index in [4.69, 9.17) is 16.0 Å². The van der Waals surface area contributed by atoms with Crippen molar-refractivity contribution in [1.29, 1.82) is 5.26 Å². The van der Waals surface area contributed by atoms with Gasteiger partial charge in [0.2, 0.25) is 5.88 Å². The van der Waals surface area contributed by atoms with Gasteiger partial charge in [-0.15, -0.1) is 0 Å². The maximum atomic E-state index is 12.3. The topological polar surface area (TPSA) is 109 Å². The molecule has 0 radical (unpaired) electrons. The second-order valence-electron chi connectivity index (χ2n) is 5.23. The highest BCUT2D eigenvalue weighted by molar-refractivity contribution is 6.30. The molecule has 0 saturated carbocycles. The molecule has 1 amide bonds. The van der Waals surface area contributed by atoms with Crippen molar-refractivity contribution in [3.8, 4) is 17.4 Å². The van der Waals surface area contributed by atoms with E-state index in [2.05, 4.69) is 5.32 Å². The molecule has 0 spiro atoms. The maximum absolute atomic E-state index is 12.3. The molecule has 0 fully saturated rings. The van der Waals surface area contributed by atoms with Gasteiger partial charge in [0, 0.05) is 34.3 Å². The Bertz CT molecular complexity index is 1040. The summed E-state index contributed by atoms with van der Waals surface area (Å²) in [7, 11) is 0.